The summed E-state index contributed by atoms with van der Waals surface area (Å²) in [6.45, 7) is 10.2. The van der Waals surface area contributed by atoms with E-state index in [1.165, 1.54) is 0 Å². The molecule has 1 atom stereocenters. The summed E-state index contributed by atoms with van der Waals surface area (Å²) >= 11 is 0. The minimum Gasteiger partial charge on any atom is -0.368 e. The second kappa shape index (κ2) is 8.17. The zero-order valence-electron chi connectivity index (χ0n) is 16.9. The zero-order chi connectivity index (χ0) is 19.6. The first kappa shape index (κ1) is 20.1. The minimum atomic E-state index is -0.372. The Labute approximate surface area is 162 Å². The van der Waals surface area contributed by atoms with Crippen LogP contribution in [0.3, 0.4) is 0 Å². The van der Waals surface area contributed by atoms with Crippen molar-refractivity contribution in [1.82, 2.24) is 14.7 Å². The van der Waals surface area contributed by atoms with Crippen LogP contribution in [0.25, 0.3) is 0 Å². The highest BCUT2D eigenvalue weighted by molar-refractivity contribution is 5.83. The van der Waals surface area contributed by atoms with Gasteiger partial charge in [-0.15, -0.1) is 0 Å². The molecule has 0 bridgehead atoms. The number of likely N-dealkylation sites (tertiary alicyclic amines) is 1. The van der Waals surface area contributed by atoms with Gasteiger partial charge in [0, 0.05) is 57.2 Å². The molecule has 0 radical (unpaired) electrons. The Hall–Kier alpha value is -1.63. The van der Waals surface area contributed by atoms with Crippen molar-refractivity contribution < 1.29 is 19.1 Å². The molecule has 3 rings (SSSR count). The smallest absolute Gasteiger partial charge is 0.251 e. The first-order valence-electron chi connectivity index (χ1n) is 10.3. The Balaban J connectivity index is 1.45. The monoisotopic (exact) mass is 379 g/mol. The van der Waals surface area contributed by atoms with Crippen LogP contribution in [0.15, 0.2) is 0 Å². The van der Waals surface area contributed by atoms with Gasteiger partial charge in [-0.05, 0) is 25.7 Å². The van der Waals surface area contributed by atoms with Crippen molar-refractivity contribution in [3.63, 3.8) is 0 Å². The summed E-state index contributed by atoms with van der Waals surface area (Å²) in [7, 11) is 0. The molecule has 7 nitrogen and oxygen atoms in total. The van der Waals surface area contributed by atoms with Crippen LogP contribution in [0.2, 0.25) is 0 Å². The van der Waals surface area contributed by atoms with E-state index in [0.29, 0.717) is 45.9 Å². The van der Waals surface area contributed by atoms with Crippen molar-refractivity contribution in [2.24, 2.45) is 11.3 Å². The molecule has 0 aliphatic carbocycles. The number of amides is 3. The van der Waals surface area contributed by atoms with Gasteiger partial charge in [0.2, 0.25) is 11.8 Å². The molecule has 0 spiro atoms. The second-order valence-electron chi connectivity index (χ2n) is 8.97. The number of rotatable bonds is 2. The van der Waals surface area contributed by atoms with Gasteiger partial charge in [0.25, 0.3) is 5.91 Å². The Morgan fingerprint density at radius 1 is 0.778 bits per heavy atom. The molecule has 3 fully saturated rings. The van der Waals surface area contributed by atoms with Gasteiger partial charge in [-0.2, -0.15) is 0 Å². The largest absolute Gasteiger partial charge is 0.368 e. The fourth-order valence-electron chi connectivity index (χ4n) is 4.19. The fourth-order valence-corrected chi connectivity index (χ4v) is 4.19. The van der Waals surface area contributed by atoms with E-state index in [4.69, 9.17) is 4.74 Å². The van der Waals surface area contributed by atoms with E-state index in [9.17, 15) is 14.4 Å². The number of nitrogens with zero attached hydrogens (tertiary/aromatic N) is 3. The van der Waals surface area contributed by atoms with Gasteiger partial charge in [0.05, 0.1) is 0 Å². The highest BCUT2D eigenvalue weighted by Gasteiger charge is 2.36. The molecule has 3 aliphatic heterocycles. The molecule has 0 aromatic carbocycles. The first-order chi connectivity index (χ1) is 12.8. The van der Waals surface area contributed by atoms with E-state index in [1.54, 1.807) is 0 Å². The van der Waals surface area contributed by atoms with Crippen LogP contribution < -0.4 is 0 Å². The number of hydrogen-bond donors (Lipinski definition) is 0. The summed E-state index contributed by atoms with van der Waals surface area (Å²) in [4.78, 5) is 43.3. The Morgan fingerprint density at radius 2 is 1.33 bits per heavy atom. The van der Waals surface area contributed by atoms with Crippen molar-refractivity contribution in [3.05, 3.63) is 0 Å². The lowest BCUT2D eigenvalue weighted by Gasteiger charge is -2.40. The molecule has 1 unspecified atom stereocenters. The number of hydrogen-bond acceptors (Lipinski definition) is 4. The summed E-state index contributed by atoms with van der Waals surface area (Å²) < 4.78 is 5.49. The van der Waals surface area contributed by atoms with Gasteiger partial charge < -0.3 is 19.4 Å². The molecule has 3 aliphatic rings. The maximum Gasteiger partial charge on any atom is 0.251 e. The normalized spacial score (nSPS) is 25.0. The molecule has 0 aromatic heterocycles. The van der Waals surface area contributed by atoms with E-state index in [2.05, 4.69) is 0 Å². The SMILES string of the molecule is CC(C)(C)C(=O)N1CCC(C(=O)N2CCN(C(=O)C3CCCO3)CC2)CC1. The summed E-state index contributed by atoms with van der Waals surface area (Å²) in [6.07, 6.45) is 2.94. The molecule has 3 saturated heterocycles. The van der Waals surface area contributed by atoms with Crippen molar-refractivity contribution >= 4 is 17.7 Å². The Bertz CT molecular complexity index is 564. The molecule has 152 valence electrons. The van der Waals surface area contributed by atoms with E-state index < -0.39 is 0 Å². The van der Waals surface area contributed by atoms with Crippen LogP contribution in [-0.4, -0.2) is 84.4 Å². The Kier molecular flexibility index (Phi) is 6.08. The summed E-state index contributed by atoms with van der Waals surface area (Å²) in [5, 5.41) is 0. The molecule has 7 heteroatoms. The maximum absolute atomic E-state index is 12.9. The van der Waals surface area contributed by atoms with Crippen LogP contribution >= 0.6 is 0 Å². The molecular formula is C20H33N3O4. The van der Waals surface area contributed by atoms with E-state index >= 15 is 0 Å². The maximum atomic E-state index is 12.9. The van der Waals surface area contributed by atoms with Gasteiger partial charge in [0.15, 0.2) is 0 Å². The number of piperazine rings is 1. The topological polar surface area (TPSA) is 70.2 Å². The molecular weight excluding hydrogens is 346 g/mol. The molecule has 3 amide bonds. The van der Waals surface area contributed by atoms with E-state index in [1.807, 2.05) is 35.5 Å². The predicted octanol–water partition coefficient (Wildman–Crippen LogP) is 1.12. The van der Waals surface area contributed by atoms with Gasteiger partial charge in [-0.1, -0.05) is 20.8 Å². The highest BCUT2D eigenvalue weighted by atomic mass is 16.5. The van der Waals surface area contributed by atoms with Crippen molar-refractivity contribution in [3.8, 4) is 0 Å². The highest BCUT2D eigenvalue weighted by Crippen LogP contribution is 2.25. The zero-order valence-corrected chi connectivity index (χ0v) is 16.9. The number of piperidine rings is 1. The number of carbonyl (C=O) groups excluding carboxylic acids is 3. The van der Waals surface area contributed by atoms with E-state index in [0.717, 1.165) is 25.7 Å². The fraction of sp³-hybridized carbons (Fsp3) is 0.850. The molecule has 27 heavy (non-hydrogen) atoms. The molecule has 0 saturated carbocycles. The van der Waals surface area contributed by atoms with Gasteiger partial charge in [-0.3, -0.25) is 14.4 Å². The van der Waals surface area contributed by atoms with Gasteiger partial charge in [0.1, 0.15) is 6.10 Å². The van der Waals surface area contributed by atoms with Crippen LogP contribution in [0, 0.1) is 11.3 Å². The summed E-state index contributed by atoms with van der Waals surface area (Å²) in [5.41, 5.74) is -0.372. The first-order valence-corrected chi connectivity index (χ1v) is 10.3. The second-order valence-corrected chi connectivity index (χ2v) is 8.97. The van der Waals surface area contributed by atoms with Crippen molar-refractivity contribution in [1.29, 1.82) is 0 Å². The molecule has 0 N–H and O–H groups in total. The molecule has 3 heterocycles. The van der Waals surface area contributed by atoms with Crippen LogP contribution in [-0.2, 0) is 19.1 Å². The predicted molar refractivity (Wildman–Crippen MR) is 101 cm³/mol. The van der Waals surface area contributed by atoms with Crippen molar-refractivity contribution in [2.45, 2.75) is 52.6 Å². The third kappa shape index (κ3) is 4.62. The average Bonchev–Trinajstić information content (AvgIpc) is 3.20. The van der Waals surface area contributed by atoms with Crippen LogP contribution in [0.4, 0.5) is 0 Å². The third-order valence-electron chi connectivity index (χ3n) is 5.88. The van der Waals surface area contributed by atoms with Gasteiger partial charge >= 0.3 is 0 Å². The molecule has 0 aromatic rings. The average molecular weight is 380 g/mol. The number of ether oxygens (including phenoxy) is 1. The van der Waals surface area contributed by atoms with E-state index in [-0.39, 0.29) is 35.2 Å². The lowest BCUT2D eigenvalue weighted by molar-refractivity contribution is -0.149. The van der Waals surface area contributed by atoms with Gasteiger partial charge in [-0.25, -0.2) is 0 Å². The lowest BCUT2D eigenvalue weighted by atomic mass is 9.90. The lowest BCUT2D eigenvalue weighted by Crippen LogP contribution is -2.55. The minimum absolute atomic E-state index is 0.00515. The van der Waals surface area contributed by atoms with Crippen LogP contribution in [0.5, 0.6) is 0 Å². The Morgan fingerprint density at radius 3 is 1.81 bits per heavy atom. The quantitative estimate of drug-likeness (QED) is 0.721. The van der Waals surface area contributed by atoms with Crippen molar-refractivity contribution in [2.75, 3.05) is 45.9 Å². The number of carbonyl (C=O) groups is 3. The summed E-state index contributed by atoms with van der Waals surface area (Å²) in [6, 6.07) is 0. The van der Waals surface area contributed by atoms with Crippen LogP contribution in [0.1, 0.15) is 46.5 Å². The standard InChI is InChI=1S/C20H33N3O4/c1-20(2,3)19(26)23-8-6-15(7-9-23)17(24)21-10-12-22(13-11-21)18(25)16-5-4-14-27-16/h15-16H,4-14H2,1-3H3. The third-order valence-corrected chi connectivity index (χ3v) is 5.88. The summed E-state index contributed by atoms with van der Waals surface area (Å²) in [5.74, 6) is 0.416.